The Hall–Kier alpha value is -1.98. The fourth-order valence-electron chi connectivity index (χ4n) is 1.77. The quantitative estimate of drug-likeness (QED) is 0.844. The van der Waals surface area contributed by atoms with Crippen molar-refractivity contribution in [3.05, 3.63) is 47.5 Å². The summed E-state index contributed by atoms with van der Waals surface area (Å²) < 4.78 is 40.7. The van der Waals surface area contributed by atoms with Gasteiger partial charge < -0.3 is 5.32 Å². The minimum absolute atomic E-state index is 0.195. The summed E-state index contributed by atoms with van der Waals surface area (Å²) in [6, 6.07) is 3.68. The van der Waals surface area contributed by atoms with Crippen molar-refractivity contribution in [3.63, 3.8) is 0 Å². The lowest BCUT2D eigenvalue weighted by Crippen LogP contribution is -2.09. The molecule has 0 atom stereocenters. The number of rotatable bonds is 5. The summed E-state index contributed by atoms with van der Waals surface area (Å²) in [4.78, 5) is 0. The number of aryl methyl sites for hydroxylation is 1. The van der Waals surface area contributed by atoms with Crippen molar-refractivity contribution in [1.82, 2.24) is 9.78 Å². The Morgan fingerprint density at radius 3 is 2.53 bits per heavy atom. The summed E-state index contributed by atoms with van der Waals surface area (Å²) in [5.74, 6) is -3.87. The van der Waals surface area contributed by atoms with Crippen molar-refractivity contribution in [2.45, 2.75) is 26.4 Å². The van der Waals surface area contributed by atoms with Gasteiger partial charge in [-0.1, -0.05) is 6.92 Å². The van der Waals surface area contributed by atoms with Crippen molar-refractivity contribution in [2.75, 3.05) is 5.32 Å². The number of nitrogens with one attached hydrogen (secondary N) is 1. The standard InChI is InChI=1S/C13H14F3N3/c1-2-5-19-10(3-4-18-19)8-17-9-6-11(14)13(16)12(15)7-9/h3-4,6-7,17H,2,5,8H2,1H3. The van der Waals surface area contributed by atoms with Crippen LogP contribution in [0.3, 0.4) is 0 Å². The van der Waals surface area contributed by atoms with Crippen molar-refractivity contribution in [1.29, 1.82) is 0 Å². The van der Waals surface area contributed by atoms with Crippen molar-refractivity contribution >= 4 is 5.69 Å². The van der Waals surface area contributed by atoms with Gasteiger partial charge in [-0.2, -0.15) is 5.10 Å². The molecule has 6 heteroatoms. The van der Waals surface area contributed by atoms with E-state index in [0.29, 0.717) is 6.54 Å². The molecule has 0 saturated heterocycles. The Morgan fingerprint density at radius 2 is 1.89 bits per heavy atom. The molecule has 0 bridgehead atoms. The van der Waals surface area contributed by atoms with Gasteiger partial charge in [0.15, 0.2) is 17.5 Å². The zero-order valence-corrected chi connectivity index (χ0v) is 10.5. The van der Waals surface area contributed by atoms with Crippen LogP contribution >= 0.6 is 0 Å². The first-order valence-electron chi connectivity index (χ1n) is 6.01. The lowest BCUT2D eigenvalue weighted by Gasteiger charge is -2.09. The van der Waals surface area contributed by atoms with E-state index in [2.05, 4.69) is 10.4 Å². The molecule has 1 aromatic carbocycles. The third kappa shape index (κ3) is 3.07. The van der Waals surface area contributed by atoms with Crippen LogP contribution in [-0.4, -0.2) is 9.78 Å². The van der Waals surface area contributed by atoms with Gasteiger partial charge in [-0.05, 0) is 12.5 Å². The molecule has 0 fully saturated rings. The number of benzene rings is 1. The van der Waals surface area contributed by atoms with Crippen LogP contribution in [0.2, 0.25) is 0 Å². The lowest BCUT2D eigenvalue weighted by molar-refractivity contribution is 0.447. The number of halogens is 3. The Bertz CT molecular complexity index is 543. The van der Waals surface area contributed by atoms with Crippen LogP contribution in [0.15, 0.2) is 24.4 Å². The fraction of sp³-hybridized carbons (Fsp3) is 0.308. The van der Waals surface area contributed by atoms with Crippen LogP contribution in [0.4, 0.5) is 18.9 Å². The first-order chi connectivity index (χ1) is 9.11. The number of anilines is 1. The van der Waals surface area contributed by atoms with Crippen LogP contribution in [0.25, 0.3) is 0 Å². The highest BCUT2D eigenvalue weighted by atomic mass is 19.2. The first kappa shape index (κ1) is 13.5. The summed E-state index contributed by atoms with van der Waals surface area (Å²) in [6.45, 7) is 3.17. The number of aromatic nitrogens is 2. The summed E-state index contributed by atoms with van der Waals surface area (Å²) in [5.41, 5.74) is 1.09. The molecular weight excluding hydrogens is 255 g/mol. The Morgan fingerprint density at radius 1 is 1.21 bits per heavy atom. The summed E-state index contributed by atoms with van der Waals surface area (Å²) in [6.07, 6.45) is 2.60. The zero-order chi connectivity index (χ0) is 13.8. The van der Waals surface area contributed by atoms with Crippen molar-refractivity contribution in [3.8, 4) is 0 Å². The highest BCUT2D eigenvalue weighted by Crippen LogP contribution is 2.18. The molecule has 1 heterocycles. The van der Waals surface area contributed by atoms with Gasteiger partial charge in [-0.3, -0.25) is 4.68 Å². The van der Waals surface area contributed by atoms with E-state index in [4.69, 9.17) is 0 Å². The second-order valence-corrected chi connectivity index (χ2v) is 4.15. The smallest absolute Gasteiger partial charge is 0.194 e. The van der Waals surface area contributed by atoms with Crippen LogP contribution in [-0.2, 0) is 13.1 Å². The van der Waals surface area contributed by atoms with Gasteiger partial charge in [-0.15, -0.1) is 0 Å². The van der Waals surface area contributed by atoms with E-state index in [1.54, 1.807) is 6.20 Å². The van der Waals surface area contributed by atoms with Crippen LogP contribution in [0.5, 0.6) is 0 Å². The fourth-order valence-corrected chi connectivity index (χ4v) is 1.77. The van der Waals surface area contributed by atoms with Gasteiger partial charge in [0.1, 0.15) is 0 Å². The molecule has 0 aliphatic rings. The maximum atomic E-state index is 13.0. The average molecular weight is 269 g/mol. The number of hydrogen-bond donors (Lipinski definition) is 1. The SMILES string of the molecule is CCCn1nccc1CNc1cc(F)c(F)c(F)c1. The van der Waals surface area contributed by atoms with E-state index in [0.717, 1.165) is 30.8 Å². The summed E-state index contributed by atoms with van der Waals surface area (Å²) in [5, 5.41) is 6.98. The molecule has 1 N–H and O–H groups in total. The molecule has 0 aliphatic carbocycles. The molecule has 0 spiro atoms. The van der Waals surface area contributed by atoms with Crippen molar-refractivity contribution in [2.24, 2.45) is 0 Å². The van der Waals surface area contributed by atoms with Gasteiger partial charge in [0.05, 0.1) is 12.2 Å². The van der Waals surface area contributed by atoms with E-state index in [1.807, 2.05) is 17.7 Å². The molecule has 3 nitrogen and oxygen atoms in total. The Balaban J connectivity index is 2.08. The third-order valence-electron chi connectivity index (χ3n) is 2.70. The van der Waals surface area contributed by atoms with Crippen LogP contribution < -0.4 is 5.32 Å². The van der Waals surface area contributed by atoms with E-state index in [1.165, 1.54) is 0 Å². The van der Waals surface area contributed by atoms with Crippen LogP contribution in [0, 0.1) is 17.5 Å². The highest BCUT2D eigenvalue weighted by molar-refractivity contribution is 5.44. The van der Waals surface area contributed by atoms with Crippen LogP contribution in [0.1, 0.15) is 19.0 Å². The zero-order valence-electron chi connectivity index (χ0n) is 10.5. The number of hydrogen-bond acceptors (Lipinski definition) is 2. The average Bonchev–Trinajstić information content (AvgIpc) is 2.81. The van der Waals surface area contributed by atoms with E-state index < -0.39 is 17.5 Å². The van der Waals surface area contributed by atoms with Gasteiger partial charge in [0.2, 0.25) is 0 Å². The molecular formula is C13H14F3N3. The van der Waals surface area contributed by atoms with E-state index in [9.17, 15) is 13.2 Å². The molecule has 0 saturated carbocycles. The minimum Gasteiger partial charge on any atom is -0.379 e. The predicted octanol–water partition coefficient (Wildman–Crippen LogP) is 3.32. The molecule has 0 unspecified atom stereocenters. The Kier molecular flexibility index (Phi) is 4.09. The second kappa shape index (κ2) is 5.77. The largest absolute Gasteiger partial charge is 0.379 e. The topological polar surface area (TPSA) is 29.9 Å². The lowest BCUT2D eigenvalue weighted by atomic mass is 10.2. The first-order valence-corrected chi connectivity index (χ1v) is 6.01. The molecule has 1 aromatic heterocycles. The molecule has 0 aliphatic heterocycles. The highest BCUT2D eigenvalue weighted by Gasteiger charge is 2.10. The monoisotopic (exact) mass is 269 g/mol. The van der Waals surface area contributed by atoms with Gasteiger partial charge in [0.25, 0.3) is 0 Å². The maximum Gasteiger partial charge on any atom is 0.194 e. The molecule has 2 aromatic rings. The number of nitrogens with zero attached hydrogens (tertiary/aromatic N) is 2. The van der Waals surface area contributed by atoms with Gasteiger partial charge in [0, 0.05) is 30.6 Å². The minimum atomic E-state index is -1.46. The molecule has 0 amide bonds. The molecule has 102 valence electrons. The Labute approximate surface area is 109 Å². The predicted molar refractivity (Wildman–Crippen MR) is 66.2 cm³/mol. The van der Waals surface area contributed by atoms with Gasteiger partial charge >= 0.3 is 0 Å². The summed E-state index contributed by atoms with van der Waals surface area (Å²) >= 11 is 0. The van der Waals surface area contributed by atoms with Crippen molar-refractivity contribution < 1.29 is 13.2 Å². The molecule has 2 rings (SSSR count). The third-order valence-corrected chi connectivity index (χ3v) is 2.70. The summed E-state index contributed by atoms with van der Waals surface area (Å²) in [7, 11) is 0. The molecule has 0 radical (unpaired) electrons. The van der Waals surface area contributed by atoms with E-state index >= 15 is 0 Å². The normalized spacial score (nSPS) is 10.7. The second-order valence-electron chi connectivity index (χ2n) is 4.15. The maximum absolute atomic E-state index is 13.0. The van der Waals surface area contributed by atoms with Gasteiger partial charge in [-0.25, -0.2) is 13.2 Å². The molecule has 19 heavy (non-hydrogen) atoms. The van der Waals surface area contributed by atoms with E-state index in [-0.39, 0.29) is 5.69 Å².